The molecule has 1 aromatic rings. The number of carbonyl (C=O) groups excluding carboxylic acids is 1. The van der Waals surface area contributed by atoms with E-state index in [0.29, 0.717) is 5.69 Å². The molecule has 1 aliphatic rings. The lowest BCUT2D eigenvalue weighted by Gasteiger charge is -2.22. The number of hydrogen-bond donors (Lipinski definition) is 3. The van der Waals surface area contributed by atoms with Crippen LogP contribution in [-0.2, 0) is 4.79 Å². The van der Waals surface area contributed by atoms with Crippen LogP contribution in [0, 0.1) is 0 Å². The second-order valence-corrected chi connectivity index (χ2v) is 5.76. The Morgan fingerprint density at radius 3 is 2.55 bits per heavy atom. The van der Waals surface area contributed by atoms with Crippen molar-refractivity contribution in [2.24, 2.45) is 5.73 Å². The molecule has 5 nitrogen and oxygen atoms in total. The van der Waals surface area contributed by atoms with Gasteiger partial charge in [0, 0.05) is 22.7 Å². The summed E-state index contributed by atoms with van der Waals surface area (Å²) < 4.78 is 0. The molecule has 2 rings (SSSR count). The summed E-state index contributed by atoms with van der Waals surface area (Å²) >= 11 is 5.84. The van der Waals surface area contributed by atoms with Crippen LogP contribution in [0.1, 0.15) is 42.5 Å². The van der Waals surface area contributed by atoms with Gasteiger partial charge in [0.2, 0.25) is 5.91 Å². The van der Waals surface area contributed by atoms with Crippen LogP contribution in [0.2, 0.25) is 5.02 Å². The van der Waals surface area contributed by atoms with Crippen molar-refractivity contribution >= 4 is 29.2 Å². The molecule has 0 heterocycles. The summed E-state index contributed by atoms with van der Waals surface area (Å²) in [7, 11) is 0. The van der Waals surface area contributed by atoms with Gasteiger partial charge in [0.05, 0.1) is 5.56 Å². The Bertz CT molecular complexity index is 539. The molecule has 0 aliphatic heterocycles. The van der Waals surface area contributed by atoms with Gasteiger partial charge in [-0.2, -0.15) is 0 Å². The summed E-state index contributed by atoms with van der Waals surface area (Å²) in [6.45, 7) is 0. The van der Waals surface area contributed by atoms with Gasteiger partial charge in [-0.15, -0.1) is 0 Å². The molecule has 0 atom stereocenters. The first-order chi connectivity index (χ1) is 9.38. The fourth-order valence-corrected chi connectivity index (χ4v) is 2.80. The van der Waals surface area contributed by atoms with Crippen molar-refractivity contribution in [3.05, 3.63) is 28.8 Å². The van der Waals surface area contributed by atoms with Crippen molar-refractivity contribution in [3.63, 3.8) is 0 Å². The van der Waals surface area contributed by atoms with E-state index in [1.54, 1.807) is 0 Å². The van der Waals surface area contributed by atoms with Crippen molar-refractivity contribution in [1.82, 2.24) is 0 Å². The summed E-state index contributed by atoms with van der Waals surface area (Å²) in [6, 6.07) is 4.23. The number of benzene rings is 1. The highest BCUT2D eigenvalue weighted by atomic mass is 35.5. The van der Waals surface area contributed by atoms with Gasteiger partial charge in [-0.25, -0.2) is 4.79 Å². The van der Waals surface area contributed by atoms with Gasteiger partial charge in [-0.3, -0.25) is 4.79 Å². The van der Waals surface area contributed by atoms with E-state index in [1.807, 2.05) is 0 Å². The quantitative estimate of drug-likeness (QED) is 0.796. The molecular weight excluding hydrogens is 280 g/mol. The van der Waals surface area contributed by atoms with Gasteiger partial charge in [0.25, 0.3) is 0 Å². The second-order valence-electron chi connectivity index (χ2n) is 5.33. The first-order valence-corrected chi connectivity index (χ1v) is 6.88. The molecular formula is C14H17ClN2O3. The van der Waals surface area contributed by atoms with Crippen molar-refractivity contribution in [2.75, 3.05) is 5.32 Å². The van der Waals surface area contributed by atoms with Crippen LogP contribution in [0.15, 0.2) is 18.2 Å². The summed E-state index contributed by atoms with van der Waals surface area (Å²) in [5.41, 5.74) is 6.12. The summed E-state index contributed by atoms with van der Waals surface area (Å²) in [6.07, 6.45) is 4.02. The third-order valence-corrected chi connectivity index (χ3v) is 3.76. The normalized spacial score (nSPS) is 16.9. The number of carbonyl (C=O) groups is 2. The smallest absolute Gasteiger partial charge is 0.335 e. The van der Waals surface area contributed by atoms with Crippen LogP contribution >= 0.6 is 11.6 Å². The maximum absolute atomic E-state index is 12.0. The van der Waals surface area contributed by atoms with Crippen LogP contribution in [0.4, 0.5) is 5.69 Å². The maximum Gasteiger partial charge on any atom is 0.335 e. The number of nitrogens with two attached hydrogens (primary N) is 1. The van der Waals surface area contributed by atoms with E-state index < -0.39 is 11.5 Å². The zero-order valence-corrected chi connectivity index (χ0v) is 11.7. The van der Waals surface area contributed by atoms with Gasteiger partial charge >= 0.3 is 5.97 Å². The Morgan fingerprint density at radius 1 is 1.30 bits per heavy atom. The van der Waals surface area contributed by atoms with Crippen LogP contribution < -0.4 is 11.1 Å². The topological polar surface area (TPSA) is 92.4 Å². The molecule has 0 radical (unpaired) electrons. The number of hydrogen-bond acceptors (Lipinski definition) is 3. The van der Waals surface area contributed by atoms with Crippen molar-refractivity contribution in [2.45, 2.75) is 37.6 Å². The molecule has 1 saturated carbocycles. The number of carboxylic acid groups (broad SMARTS) is 1. The second kappa shape index (κ2) is 5.81. The average molecular weight is 297 g/mol. The highest BCUT2D eigenvalue weighted by Crippen LogP contribution is 2.30. The van der Waals surface area contributed by atoms with E-state index >= 15 is 0 Å². The third-order valence-electron chi connectivity index (χ3n) is 3.54. The fraction of sp³-hybridized carbons (Fsp3) is 0.429. The molecule has 0 aromatic heterocycles. The van der Waals surface area contributed by atoms with Gasteiger partial charge in [0.15, 0.2) is 0 Å². The Labute approximate surface area is 122 Å². The van der Waals surface area contributed by atoms with Crippen molar-refractivity contribution in [1.29, 1.82) is 0 Å². The Hall–Kier alpha value is -1.59. The first kappa shape index (κ1) is 14.8. The van der Waals surface area contributed by atoms with E-state index in [9.17, 15) is 9.59 Å². The monoisotopic (exact) mass is 296 g/mol. The Kier molecular flexibility index (Phi) is 4.30. The molecule has 6 heteroatoms. The summed E-state index contributed by atoms with van der Waals surface area (Å²) in [5, 5.41) is 11.9. The maximum atomic E-state index is 12.0. The summed E-state index contributed by atoms with van der Waals surface area (Å²) in [5.74, 6) is -1.30. The zero-order chi connectivity index (χ0) is 14.8. The number of rotatable bonds is 4. The molecule has 0 spiro atoms. The molecule has 20 heavy (non-hydrogen) atoms. The van der Waals surface area contributed by atoms with Crippen molar-refractivity contribution in [3.8, 4) is 0 Å². The van der Waals surface area contributed by atoms with Crippen LogP contribution in [0.5, 0.6) is 0 Å². The summed E-state index contributed by atoms with van der Waals surface area (Å²) in [4.78, 5) is 22.9. The highest BCUT2D eigenvalue weighted by molar-refractivity contribution is 6.31. The number of amides is 1. The molecule has 1 amide bonds. The van der Waals surface area contributed by atoms with Gasteiger partial charge in [-0.05, 0) is 31.0 Å². The SMILES string of the molecule is NC1(CC(=O)Nc2cc(Cl)cc(C(=O)O)c2)CCCC1. The molecule has 0 saturated heterocycles. The van der Waals surface area contributed by atoms with Crippen LogP contribution in [0.25, 0.3) is 0 Å². The molecule has 1 fully saturated rings. The van der Waals surface area contributed by atoms with E-state index in [4.69, 9.17) is 22.4 Å². The van der Waals surface area contributed by atoms with Crippen LogP contribution in [-0.4, -0.2) is 22.5 Å². The molecule has 108 valence electrons. The Balaban J connectivity index is 2.05. The lowest BCUT2D eigenvalue weighted by Crippen LogP contribution is -2.40. The third kappa shape index (κ3) is 3.71. The number of anilines is 1. The zero-order valence-electron chi connectivity index (χ0n) is 11.0. The minimum absolute atomic E-state index is 0.0381. The van der Waals surface area contributed by atoms with Gasteiger partial charge < -0.3 is 16.2 Å². The largest absolute Gasteiger partial charge is 0.478 e. The number of aromatic carboxylic acids is 1. The lowest BCUT2D eigenvalue weighted by molar-refractivity contribution is -0.117. The van der Waals surface area contributed by atoms with E-state index in [0.717, 1.165) is 25.7 Å². The van der Waals surface area contributed by atoms with Gasteiger partial charge in [0.1, 0.15) is 0 Å². The molecule has 1 aliphatic carbocycles. The molecule has 1 aromatic carbocycles. The predicted molar refractivity (Wildman–Crippen MR) is 77.0 cm³/mol. The van der Waals surface area contributed by atoms with Gasteiger partial charge in [-0.1, -0.05) is 24.4 Å². The lowest BCUT2D eigenvalue weighted by atomic mass is 9.94. The van der Waals surface area contributed by atoms with Crippen LogP contribution in [0.3, 0.4) is 0 Å². The number of halogens is 1. The van der Waals surface area contributed by atoms with E-state index in [2.05, 4.69) is 5.32 Å². The highest BCUT2D eigenvalue weighted by Gasteiger charge is 2.31. The minimum Gasteiger partial charge on any atom is -0.478 e. The minimum atomic E-state index is -1.09. The Morgan fingerprint density at radius 2 is 1.95 bits per heavy atom. The molecule has 4 N–H and O–H groups in total. The van der Waals surface area contributed by atoms with E-state index in [1.165, 1.54) is 18.2 Å². The van der Waals surface area contributed by atoms with E-state index in [-0.39, 0.29) is 22.9 Å². The number of nitrogens with one attached hydrogen (secondary N) is 1. The standard InChI is InChI=1S/C14H17ClN2O3/c15-10-5-9(13(19)20)6-11(7-10)17-12(18)8-14(16)3-1-2-4-14/h5-7H,1-4,8,16H2,(H,17,18)(H,19,20). The first-order valence-electron chi connectivity index (χ1n) is 6.51. The predicted octanol–water partition coefficient (Wildman–Crippen LogP) is 2.64. The number of carboxylic acids is 1. The molecule has 0 bridgehead atoms. The fourth-order valence-electron chi connectivity index (χ4n) is 2.57. The molecule has 0 unspecified atom stereocenters. The van der Waals surface area contributed by atoms with Crippen molar-refractivity contribution < 1.29 is 14.7 Å². The average Bonchev–Trinajstić information content (AvgIpc) is 2.74.